The zero-order valence-corrected chi connectivity index (χ0v) is 19.6. The van der Waals surface area contributed by atoms with E-state index >= 15 is 0 Å². The average Bonchev–Trinajstić information content (AvgIpc) is 3.26. The van der Waals surface area contributed by atoms with Crippen LogP contribution in [0.25, 0.3) is 5.70 Å². The maximum Gasteiger partial charge on any atom is 0.227 e. The number of rotatable bonds is 3. The van der Waals surface area contributed by atoms with Gasteiger partial charge in [0.1, 0.15) is 17.9 Å². The molecule has 0 saturated heterocycles. The minimum Gasteiger partial charge on any atom is -0.480 e. The summed E-state index contributed by atoms with van der Waals surface area (Å²) < 4.78 is 8.71. The van der Waals surface area contributed by atoms with Gasteiger partial charge in [0.15, 0.2) is 0 Å². The number of aryl methyl sites for hydroxylation is 2. The van der Waals surface area contributed by atoms with Crippen molar-refractivity contribution in [3.8, 4) is 5.75 Å². The van der Waals surface area contributed by atoms with Crippen molar-refractivity contribution in [2.75, 3.05) is 11.6 Å². The minimum atomic E-state index is -0.247. The third-order valence-corrected chi connectivity index (χ3v) is 6.82. The van der Waals surface area contributed by atoms with Gasteiger partial charge in [-0.05, 0) is 43.4 Å². The summed E-state index contributed by atoms with van der Waals surface area (Å²) in [5.41, 5.74) is 7.98. The van der Waals surface area contributed by atoms with E-state index in [1.807, 2.05) is 23.1 Å². The molecule has 0 fully saturated rings. The lowest BCUT2D eigenvalue weighted by Crippen LogP contribution is -2.32. The van der Waals surface area contributed by atoms with Crippen molar-refractivity contribution < 1.29 is 4.74 Å². The molecular weight excluding hydrogens is 428 g/mol. The van der Waals surface area contributed by atoms with E-state index in [4.69, 9.17) is 14.8 Å². The fraction of sp³-hybridized carbons (Fsp3) is 0.185. The lowest BCUT2D eigenvalue weighted by atomic mass is 9.84. The molecule has 0 bridgehead atoms. The second-order valence-electron chi connectivity index (χ2n) is 8.54. The number of hydrogen-bond acceptors (Lipinski definition) is 5. The van der Waals surface area contributed by atoms with E-state index in [1.165, 1.54) is 11.1 Å². The molecule has 1 N–H and O–H groups in total. The van der Waals surface area contributed by atoms with Crippen molar-refractivity contribution in [2.24, 2.45) is 0 Å². The molecule has 3 heterocycles. The first-order valence-corrected chi connectivity index (χ1v) is 12.3. The fourth-order valence-electron chi connectivity index (χ4n) is 4.72. The normalized spacial score (nSPS) is 18.6. The standard InChI is InChI=1S/C27H24N4OS/c1-16-11-13-18(14-12-16)24-22-23(28-26-29-27(33-3)30-31(24)26)20-9-4-5-10-21(20)32-25(22)19-8-6-7-17(2)15-19/h4-15,24-25H,1-3H3,(H,28,29,30). The van der Waals surface area contributed by atoms with Crippen LogP contribution < -0.4 is 10.1 Å². The van der Waals surface area contributed by atoms with Gasteiger partial charge in [0.2, 0.25) is 11.1 Å². The fourth-order valence-corrected chi connectivity index (χ4v) is 5.07. The molecule has 0 saturated carbocycles. The van der Waals surface area contributed by atoms with Crippen LogP contribution in [-0.4, -0.2) is 21.0 Å². The van der Waals surface area contributed by atoms with Gasteiger partial charge in [-0.2, -0.15) is 4.98 Å². The Labute approximate surface area is 197 Å². The third kappa shape index (κ3) is 3.33. The number of para-hydroxylation sites is 1. The van der Waals surface area contributed by atoms with E-state index in [0.717, 1.165) is 44.8 Å². The lowest BCUT2D eigenvalue weighted by Gasteiger charge is -2.39. The molecule has 2 aliphatic rings. The molecule has 2 aliphatic heterocycles. The van der Waals surface area contributed by atoms with Gasteiger partial charge in [0, 0.05) is 11.1 Å². The summed E-state index contributed by atoms with van der Waals surface area (Å²) in [5.74, 6) is 1.62. The van der Waals surface area contributed by atoms with Crippen LogP contribution in [0.1, 0.15) is 40.0 Å². The van der Waals surface area contributed by atoms with Gasteiger partial charge < -0.3 is 10.1 Å². The second kappa shape index (κ2) is 7.81. The molecule has 5 nitrogen and oxygen atoms in total. The van der Waals surface area contributed by atoms with Gasteiger partial charge in [0.25, 0.3) is 0 Å². The van der Waals surface area contributed by atoms with Gasteiger partial charge in [-0.1, -0.05) is 83.6 Å². The topological polar surface area (TPSA) is 52.0 Å². The lowest BCUT2D eigenvalue weighted by molar-refractivity contribution is 0.223. The van der Waals surface area contributed by atoms with Gasteiger partial charge in [0.05, 0.1) is 5.70 Å². The van der Waals surface area contributed by atoms with Crippen molar-refractivity contribution in [3.63, 3.8) is 0 Å². The molecular formula is C27H24N4OS. The quantitative estimate of drug-likeness (QED) is 0.376. The summed E-state index contributed by atoms with van der Waals surface area (Å²) in [4.78, 5) is 4.77. The average molecular weight is 453 g/mol. The molecule has 33 heavy (non-hydrogen) atoms. The highest BCUT2D eigenvalue weighted by Gasteiger charge is 2.41. The first-order chi connectivity index (χ1) is 16.1. The summed E-state index contributed by atoms with van der Waals surface area (Å²) in [6.07, 6.45) is 1.76. The van der Waals surface area contributed by atoms with Gasteiger partial charge >= 0.3 is 0 Å². The van der Waals surface area contributed by atoms with E-state index in [1.54, 1.807) is 11.8 Å². The minimum absolute atomic E-state index is 0.135. The number of fused-ring (bicyclic) bond motifs is 3. The van der Waals surface area contributed by atoms with Gasteiger partial charge in [-0.3, -0.25) is 0 Å². The largest absolute Gasteiger partial charge is 0.480 e. The maximum absolute atomic E-state index is 6.70. The Bertz CT molecular complexity index is 1390. The van der Waals surface area contributed by atoms with E-state index < -0.39 is 0 Å². The Morgan fingerprint density at radius 1 is 0.909 bits per heavy atom. The highest BCUT2D eigenvalue weighted by atomic mass is 32.2. The van der Waals surface area contributed by atoms with Crippen molar-refractivity contribution in [2.45, 2.75) is 31.1 Å². The van der Waals surface area contributed by atoms with Crippen LogP contribution in [0.15, 0.2) is 83.5 Å². The van der Waals surface area contributed by atoms with Crippen molar-refractivity contribution in [3.05, 3.63) is 106 Å². The molecule has 0 radical (unpaired) electrons. The zero-order valence-electron chi connectivity index (χ0n) is 18.7. The van der Waals surface area contributed by atoms with E-state index in [2.05, 4.69) is 79.8 Å². The molecule has 2 unspecified atom stereocenters. The van der Waals surface area contributed by atoms with Crippen LogP contribution in [0.4, 0.5) is 5.95 Å². The van der Waals surface area contributed by atoms with E-state index in [-0.39, 0.29) is 12.1 Å². The second-order valence-corrected chi connectivity index (χ2v) is 9.32. The molecule has 6 heteroatoms. The Morgan fingerprint density at radius 3 is 2.52 bits per heavy atom. The summed E-state index contributed by atoms with van der Waals surface area (Å²) in [5, 5.41) is 9.22. The monoisotopic (exact) mass is 452 g/mol. The highest BCUT2D eigenvalue weighted by molar-refractivity contribution is 7.98. The van der Waals surface area contributed by atoms with Crippen LogP contribution in [-0.2, 0) is 0 Å². The predicted octanol–water partition coefficient (Wildman–Crippen LogP) is 6.18. The number of nitrogens with zero attached hydrogens (tertiary/aromatic N) is 3. The molecule has 0 spiro atoms. The summed E-state index contributed by atoms with van der Waals surface area (Å²) >= 11 is 1.55. The Kier molecular flexibility index (Phi) is 4.76. The van der Waals surface area contributed by atoms with Crippen LogP contribution >= 0.6 is 11.8 Å². The van der Waals surface area contributed by atoms with E-state index in [0.29, 0.717) is 0 Å². The summed E-state index contributed by atoms with van der Waals surface area (Å²) in [6, 6.07) is 25.3. The zero-order chi connectivity index (χ0) is 22.5. The SMILES string of the molecule is CSc1nc2n(n1)C(c1ccc(C)cc1)C1=C(N2)c2ccccc2OC1c1cccc(C)c1. The molecule has 6 rings (SSSR count). The smallest absolute Gasteiger partial charge is 0.227 e. The van der Waals surface area contributed by atoms with Gasteiger partial charge in [-0.25, -0.2) is 4.68 Å². The third-order valence-electron chi connectivity index (χ3n) is 6.28. The van der Waals surface area contributed by atoms with Crippen molar-refractivity contribution >= 4 is 23.4 Å². The maximum atomic E-state index is 6.70. The van der Waals surface area contributed by atoms with Crippen LogP contribution in [0.2, 0.25) is 0 Å². The first kappa shape index (κ1) is 20.1. The molecule has 1 aromatic heterocycles. The molecule has 164 valence electrons. The molecule has 2 atom stereocenters. The van der Waals surface area contributed by atoms with Crippen molar-refractivity contribution in [1.29, 1.82) is 0 Å². The number of benzene rings is 3. The Balaban J connectivity index is 1.64. The summed E-state index contributed by atoms with van der Waals surface area (Å²) in [7, 11) is 0. The number of anilines is 1. The highest BCUT2D eigenvalue weighted by Crippen LogP contribution is 2.50. The Hall–Kier alpha value is -3.51. The van der Waals surface area contributed by atoms with Crippen LogP contribution in [0.3, 0.4) is 0 Å². The molecule has 4 aromatic rings. The van der Waals surface area contributed by atoms with Gasteiger partial charge in [-0.15, -0.1) is 5.10 Å². The number of hydrogen-bond donors (Lipinski definition) is 1. The van der Waals surface area contributed by atoms with Crippen LogP contribution in [0, 0.1) is 13.8 Å². The van der Waals surface area contributed by atoms with Crippen molar-refractivity contribution in [1.82, 2.24) is 14.8 Å². The Morgan fingerprint density at radius 2 is 1.73 bits per heavy atom. The first-order valence-electron chi connectivity index (χ1n) is 11.0. The number of ether oxygens (including phenoxy) is 1. The molecule has 0 amide bonds. The van der Waals surface area contributed by atoms with E-state index in [9.17, 15) is 0 Å². The number of nitrogens with one attached hydrogen (secondary N) is 1. The number of thioether (sulfide) groups is 1. The van der Waals surface area contributed by atoms with Crippen LogP contribution in [0.5, 0.6) is 5.75 Å². The molecule has 0 aliphatic carbocycles. The predicted molar refractivity (Wildman–Crippen MR) is 133 cm³/mol. The number of aromatic nitrogens is 3. The molecule has 3 aromatic carbocycles. The summed E-state index contributed by atoms with van der Waals surface area (Å²) in [6.45, 7) is 4.23.